The van der Waals surface area contributed by atoms with Crippen molar-refractivity contribution in [3.63, 3.8) is 0 Å². The molecular weight excluding hydrogens is 236 g/mol. The van der Waals surface area contributed by atoms with Gasteiger partial charge in [-0.3, -0.25) is 10.1 Å². The average Bonchev–Trinajstić information content (AvgIpc) is 2.75. The summed E-state index contributed by atoms with van der Waals surface area (Å²) in [6, 6.07) is 3.49. The predicted octanol–water partition coefficient (Wildman–Crippen LogP) is 2.34. The van der Waals surface area contributed by atoms with Crippen LogP contribution in [-0.4, -0.2) is 21.3 Å². The molecule has 0 unspecified atom stereocenters. The summed E-state index contributed by atoms with van der Waals surface area (Å²) in [5, 5.41) is 21.5. The lowest BCUT2D eigenvalue weighted by Gasteiger charge is -2.33. The molecule has 2 aromatic rings. The van der Waals surface area contributed by atoms with Crippen LogP contribution in [0.4, 0.5) is 11.4 Å². The van der Waals surface area contributed by atoms with Crippen molar-refractivity contribution in [1.29, 1.82) is 0 Å². The Morgan fingerprint density at radius 2 is 2.11 bits per heavy atom. The van der Waals surface area contributed by atoms with Crippen molar-refractivity contribution >= 4 is 22.4 Å². The van der Waals surface area contributed by atoms with E-state index in [4.69, 9.17) is 0 Å². The van der Waals surface area contributed by atoms with Gasteiger partial charge in [-0.1, -0.05) is 6.92 Å². The first-order chi connectivity index (χ1) is 8.65. The van der Waals surface area contributed by atoms with Crippen LogP contribution in [0.15, 0.2) is 16.8 Å². The Balaban J connectivity index is 1.96. The molecule has 1 aromatic heterocycles. The zero-order chi connectivity index (χ0) is 12.7. The zero-order valence-electron chi connectivity index (χ0n) is 9.79. The van der Waals surface area contributed by atoms with Gasteiger partial charge in [0.15, 0.2) is 5.52 Å². The highest BCUT2D eigenvalue weighted by Crippen LogP contribution is 2.33. The predicted molar refractivity (Wildman–Crippen MR) is 64.3 cm³/mol. The number of nitro groups is 1. The van der Waals surface area contributed by atoms with Gasteiger partial charge in [0.25, 0.3) is 0 Å². The molecule has 7 nitrogen and oxygen atoms in total. The summed E-state index contributed by atoms with van der Waals surface area (Å²) in [6.45, 7) is 2.20. The Bertz CT molecular complexity index is 603. The third-order valence-corrected chi connectivity index (χ3v) is 3.32. The molecule has 0 spiro atoms. The van der Waals surface area contributed by atoms with E-state index >= 15 is 0 Å². The van der Waals surface area contributed by atoms with Crippen LogP contribution < -0.4 is 5.32 Å². The molecule has 18 heavy (non-hydrogen) atoms. The number of hydrogen-bond donors (Lipinski definition) is 1. The summed E-state index contributed by atoms with van der Waals surface area (Å²) in [7, 11) is 0. The second kappa shape index (κ2) is 3.94. The van der Waals surface area contributed by atoms with Crippen molar-refractivity contribution in [3.05, 3.63) is 22.2 Å². The Morgan fingerprint density at radius 3 is 2.78 bits per heavy atom. The van der Waals surface area contributed by atoms with Crippen LogP contribution in [0.2, 0.25) is 0 Å². The number of rotatable bonds is 3. The van der Waals surface area contributed by atoms with E-state index in [9.17, 15) is 10.1 Å². The van der Waals surface area contributed by atoms with Crippen molar-refractivity contribution < 1.29 is 9.55 Å². The van der Waals surface area contributed by atoms with Gasteiger partial charge in [-0.05, 0) is 35.1 Å². The SMILES string of the molecule is CC1CC(Nc2ccc([N+](=O)[O-])c3nonc23)C1. The Hall–Kier alpha value is -2.18. The third-order valence-electron chi connectivity index (χ3n) is 3.32. The van der Waals surface area contributed by atoms with E-state index in [0.29, 0.717) is 11.6 Å². The summed E-state index contributed by atoms with van der Waals surface area (Å²) >= 11 is 0. The van der Waals surface area contributed by atoms with Crippen molar-refractivity contribution in [1.82, 2.24) is 10.3 Å². The lowest BCUT2D eigenvalue weighted by molar-refractivity contribution is -0.383. The largest absolute Gasteiger partial charge is 0.380 e. The topological polar surface area (TPSA) is 94.1 Å². The van der Waals surface area contributed by atoms with Crippen LogP contribution in [0.5, 0.6) is 0 Å². The summed E-state index contributed by atoms with van der Waals surface area (Å²) in [6.07, 6.45) is 2.20. The molecule has 1 aliphatic rings. The Labute approximate surface area is 102 Å². The van der Waals surface area contributed by atoms with Gasteiger partial charge in [0.2, 0.25) is 5.52 Å². The normalized spacial score (nSPS) is 22.7. The van der Waals surface area contributed by atoms with Crippen LogP contribution in [0.25, 0.3) is 11.0 Å². The summed E-state index contributed by atoms with van der Waals surface area (Å²) in [5.74, 6) is 0.728. The summed E-state index contributed by atoms with van der Waals surface area (Å²) in [4.78, 5) is 10.3. The molecule has 0 saturated heterocycles. The van der Waals surface area contributed by atoms with Crippen LogP contribution in [-0.2, 0) is 0 Å². The van der Waals surface area contributed by atoms with E-state index in [1.807, 2.05) is 0 Å². The van der Waals surface area contributed by atoms with Crippen molar-refractivity contribution in [2.24, 2.45) is 5.92 Å². The minimum atomic E-state index is -0.484. The Morgan fingerprint density at radius 1 is 1.39 bits per heavy atom. The molecule has 7 heteroatoms. The number of non-ortho nitro benzene ring substituents is 1. The molecule has 94 valence electrons. The fourth-order valence-corrected chi connectivity index (χ4v) is 2.36. The molecule has 0 amide bonds. The molecule has 0 bridgehead atoms. The monoisotopic (exact) mass is 248 g/mol. The Kier molecular flexibility index (Phi) is 2.39. The molecular formula is C11H12N4O3. The molecule has 1 aromatic carbocycles. The van der Waals surface area contributed by atoms with Crippen LogP contribution in [0.1, 0.15) is 19.8 Å². The maximum Gasteiger partial charge on any atom is 0.300 e. The van der Waals surface area contributed by atoms with E-state index in [-0.39, 0.29) is 11.2 Å². The number of nitrogens with one attached hydrogen (secondary N) is 1. The van der Waals surface area contributed by atoms with E-state index in [0.717, 1.165) is 24.4 Å². The number of anilines is 1. The van der Waals surface area contributed by atoms with Crippen molar-refractivity contribution in [2.45, 2.75) is 25.8 Å². The standard InChI is InChI=1S/C11H12N4O3/c1-6-4-7(5-6)12-8-2-3-9(15(16)17)11-10(8)13-18-14-11/h2-3,6-7,12H,4-5H2,1H3. The third kappa shape index (κ3) is 1.68. The van der Waals surface area contributed by atoms with Gasteiger partial charge < -0.3 is 5.32 Å². The first-order valence-electron chi connectivity index (χ1n) is 5.81. The highest BCUT2D eigenvalue weighted by atomic mass is 16.6. The molecule has 3 rings (SSSR count). The molecule has 0 aliphatic heterocycles. The van der Waals surface area contributed by atoms with Gasteiger partial charge in [-0.2, -0.15) is 0 Å². The van der Waals surface area contributed by atoms with E-state index in [2.05, 4.69) is 27.2 Å². The average molecular weight is 248 g/mol. The lowest BCUT2D eigenvalue weighted by atomic mass is 9.82. The fraction of sp³-hybridized carbons (Fsp3) is 0.455. The summed E-state index contributed by atoms with van der Waals surface area (Å²) < 4.78 is 4.61. The van der Waals surface area contributed by atoms with Crippen molar-refractivity contribution in [3.8, 4) is 0 Å². The number of benzene rings is 1. The number of fused-ring (bicyclic) bond motifs is 1. The van der Waals surface area contributed by atoms with Gasteiger partial charge in [0.05, 0.1) is 10.6 Å². The van der Waals surface area contributed by atoms with Crippen LogP contribution >= 0.6 is 0 Å². The smallest absolute Gasteiger partial charge is 0.300 e. The minimum absolute atomic E-state index is 0.0845. The highest BCUT2D eigenvalue weighted by Gasteiger charge is 2.27. The lowest BCUT2D eigenvalue weighted by Crippen LogP contribution is -2.33. The van der Waals surface area contributed by atoms with Crippen LogP contribution in [0, 0.1) is 16.0 Å². The van der Waals surface area contributed by atoms with E-state index in [1.165, 1.54) is 6.07 Å². The number of nitro benzene ring substituents is 1. The van der Waals surface area contributed by atoms with E-state index < -0.39 is 4.92 Å². The quantitative estimate of drug-likeness (QED) is 0.661. The van der Waals surface area contributed by atoms with Gasteiger partial charge in [-0.15, -0.1) is 0 Å². The fourth-order valence-electron chi connectivity index (χ4n) is 2.36. The van der Waals surface area contributed by atoms with Gasteiger partial charge in [0, 0.05) is 12.1 Å². The maximum absolute atomic E-state index is 10.8. The minimum Gasteiger partial charge on any atom is -0.380 e. The second-order valence-corrected chi connectivity index (χ2v) is 4.77. The number of aromatic nitrogens is 2. The first-order valence-corrected chi connectivity index (χ1v) is 5.81. The summed E-state index contributed by atoms with van der Waals surface area (Å²) in [5.41, 5.74) is 1.27. The molecule has 1 heterocycles. The van der Waals surface area contributed by atoms with Gasteiger partial charge in [-0.25, -0.2) is 4.63 Å². The molecule has 1 N–H and O–H groups in total. The van der Waals surface area contributed by atoms with Gasteiger partial charge in [0.1, 0.15) is 0 Å². The van der Waals surface area contributed by atoms with Gasteiger partial charge >= 0.3 is 5.69 Å². The molecule has 1 fully saturated rings. The molecule has 0 atom stereocenters. The second-order valence-electron chi connectivity index (χ2n) is 4.77. The first kappa shape index (κ1) is 10.9. The molecule has 0 radical (unpaired) electrons. The highest BCUT2D eigenvalue weighted by molar-refractivity contribution is 5.93. The van der Waals surface area contributed by atoms with Crippen LogP contribution in [0.3, 0.4) is 0 Å². The zero-order valence-corrected chi connectivity index (χ0v) is 9.79. The maximum atomic E-state index is 10.8. The molecule has 1 saturated carbocycles. The number of hydrogen-bond acceptors (Lipinski definition) is 6. The van der Waals surface area contributed by atoms with Crippen molar-refractivity contribution in [2.75, 3.05) is 5.32 Å². The molecule has 1 aliphatic carbocycles. The number of nitrogens with zero attached hydrogens (tertiary/aromatic N) is 3. The van der Waals surface area contributed by atoms with E-state index in [1.54, 1.807) is 6.07 Å².